The molecule has 1 aliphatic rings. The van der Waals surface area contributed by atoms with Gasteiger partial charge in [0.25, 0.3) is 5.91 Å². The zero-order valence-corrected chi connectivity index (χ0v) is 11.9. The second-order valence-corrected chi connectivity index (χ2v) is 5.46. The highest BCUT2D eigenvalue weighted by Crippen LogP contribution is 2.30. The van der Waals surface area contributed by atoms with Gasteiger partial charge in [-0.05, 0) is 31.4 Å². The molecule has 1 amide bonds. The molecule has 1 aromatic carbocycles. The van der Waals surface area contributed by atoms with Gasteiger partial charge in [0, 0.05) is 7.05 Å². The van der Waals surface area contributed by atoms with E-state index in [1.54, 1.807) is 0 Å². The van der Waals surface area contributed by atoms with Crippen LogP contribution in [0.25, 0.3) is 0 Å². The Morgan fingerprint density at radius 2 is 2.00 bits per heavy atom. The number of aliphatic carboxylic acids is 1. The summed E-state index contributed by atoms with van der Waals surface area (Å²) in [6.07, 6.45) is 0.0509. The van der Waals surface area contributed by atoms with E-state index in [0.717, 1.165) is 17.5 Å². The SMILES string of the molecule is CN(C(=O)C1OCCc2ccccc21)C(C)(C)C(=O)O. The predicted molar refractivity (Wildman–Crippen MR) is 73.3 cm³/mol. The summed E-state index contributed by atoms with van der Waals surface area (Å²) in [5.41, 5.74) is 0.641. The number of rotatable bonds is 3. The molecule has 1 unspecified atom stereocenters. The summed E-state index contributed by atoms with van der Waals surface area (Å²) in [6.45, 7) is 3.47. The van der Waals surface area contributed by atoms with Crippen LogP contribution in [0.4, 0.5) is 0 Å². The van der Waals surface area contributed by atoms with Crippen molar-refractivity contribution in [2.24, 2.45) is 0 Å². The van der Waals surface area contributed by atoms with Crippen LogP contribution in [0, 0.1) is 0 Å². The molecular weight excluding hydrogens is 258 g/mol. The van der Waals surface area contributed by atoms with Crippen LogP contribution in [0.2, 0.25) is 0 Å². The summed E-state index contributed by atoms with van der Waals surface area (Å²) in [5.74, 6) is -1.37. The fourth-order valence-corrected chi connectivity index (χ4v) is 2.19. The molecule has 1 aliphatic heterocycles. The van der Waals surface area contributed by atoms with Crippen molar-refractivity contribution >= 4 is 11.9 Å². The van der Waals surface area contributed by atoms with Crippen molar-refractivity contribution in [3.63, 3.8) is 0 Å². The number of ether oxygens (including phenoxy) is 1. The van der Waals surface area contributed by atoms with Crippen molar-refractivity contribution < 1.29 is 19.4 Å². The number of carbonyl (C=O) groups is 2. The van der Waals surface area contributed by atoms with Crippen LogP contribution in [-0.4, -0.2) is 41.1 Å². The highest BCUT2D eigenvalue weighted by molar-refractivity contribution is 5.89. The summed E-state index contributed by atoms with van der Waals surface area (Å²) in [6, 6.07) is 7.62. The van der Waals surface area contributed by atoms with E-state index in [-0.39, 0.29) is 5.91 Å². The van der Waals surface area contributed by atoms with Crippen molar-refractivity contribution in [2.75, 3.05) is 13.7 Å². The highest BCUT2D eigenvalue weighted by atomic mass is 16.5. The lowest BCUT2D eigenvalue weighted by atomic mass is 9.95. The minimum atomic E-state index is -1.27. The molecule has 0 aliphatic carbocycles. The van der Waals surface area contributed by atoms with Crippen LogP contribution in [0.15, 0.2) is 24.3 Å². The van der Waals surface area contributed by atoms with Crippen LogP contribution < -0.4 is 0 Å². The van der Waals surface area contributed by atoms with Gasteiger partial charge >= 0.3 is 5.97 Å². The number of fused-ring (bicyclic) bond motifs is 1. The lowest BCUT2D eigenvalue weighted by molar-refractivity contribution is -0.161. The second-order valence-electron chi connectivity index (χ2n) is 5.46. The van der Waals surface area contributed by atoms with Crippen molar-refractivity contribution in [1.29, 1.82) is 0 Å². The number of nitrogens with zero attached hydrogens (tertiary/aromatic N) is 1. The summed E-state index contributed by atoms with van der Waals surface area (Å²) >= 11 is 0. The Kier molecular flexibility index (Phi) is 3.81. The normalized spacial score (nSPS) is 18.2. The number of likely N-dealkylation sites (N-methyl/N-ethyl adjacent to an activating group) is 1. The summed E-state index contributed by atoms with van der Waals surface area (Å²) in [5, 5.41) is 9.22. The number of carboxylic acids is 1. The zero-order valence-electron chi connectivity index (χ0n) is 11.9. The van der Waals surface area contributed by atoms with Crippen molar-refractivity contribution in [3.8, 4) is 0 Å². The van der Waals surface area contributed by atoms with E-state index in [1.165, 1.54) is 25.8 Å². The Bertz CT molecular complexity index is 538. The van der Waals surface area contributed by atoms with Crippen molar-refractivity contribution in [1.82, 2.24) is 4.90 Å². The maximum absolute atomic E-state index is 12.5. The fourth-order valence-electron chi connectivity index (χ4n) is 2.19. The van der Waals surface area contributed by atoms with Gasteiger partial charge in [-0.1, -0.05) is 24.3 Å². The van der Waals surface area contributed by atoms with Gasteiger partial charge in [0.05, 0.1) is 6.61 Å². The van der Waals surface area contributed by atoms with Gasteiger partial charge in [-0.15, -0.1) is 0 Å². The Balaban J connectivity index is 2.29. The van der Waals surface area contributed by atoms with Crippen LogP contribution in [-0.2, 0) is 20.7 Å². The molecule has 0 saturated heterocycles. The molecule has 5 heteroatoms. The molecule has 1 N–H and O–H groups in total. The molecule has 1 aromatic rings. The number of carbonyl (C=O) groups excluding carboxylic acids is 1. The third-order valence-electron chi connectivity index (χ3n) is 3.91. The smallest absolute Gasteiger partial charge is 0.329 e. The van der Waals surface area contributed by atoms with Crippen LogP contribution in [0.3, 0.4) is 0 Å². The van der Waals surface area contributed by atoms with E-state index in [4.69, 9.17) is 4.74 Å². The third kappa shape index (κ3) is 2.41. The molecule has 5 nitrogen and oxygen atoms in total. The van der Waals surface area contributed by atoms with E-state index >= 15 is 0 Å². The molecule has 0 radical (unpaired) electrons. The molecule has 2 rings (SSSR count). The molecular formula is C15H19NO4. The van der Waals surface area contributed by atoms with Crippen LogP contribution in [0.1, 0.15) is 31.1 Å². The first-order chi connectivity index (χ1) is 9.35. The maximum atomic E-state index is 12.5. The van der Waals surface area contributed by atoms with Gasteiger partial charge < -0.3 is 14.7 Å². The molecule has 0 bridgehead atoms. The Morgan fingerprint density at radius 1 is 1.35 bits per heavy atom. The number of amides is 1. The monoisotopic (exact) mass is 277 g/mol. The number of hydrogen-bond acceptors (Lipinski definition) is 3. The molecule has 1 atom stereocenters. The number of benzene rings is 1. The van der Waals surface area contributed by atoms with E-state index in [0.29, 0.717) is 6.61 Å². The third-order valence-corrected chi connectivity index (χ3v) is 3.91. The van der Waals surface area contributed by atoms with E-state index in [2.05, 4.69) is 0 Å². The molecule has 108 valence electrons. The molecule has 0 saturated carbocycles. The average molecular weight is 277 g/mol. The number of carboxylic acid groups (broad SMARTS) is 1. The Hall–Kier alpha value is -1.88. The lowest BCUT2D eigenvalue weighted by Crippen LogP contribution is -2.52. The van der Waals surface area contributed by atoms with E-state index < -0.39 is 17.6 Å². The van der Waals surface area contributed by atoms with Gasteiger partial charge in [0.2, 0.25) is 0 Å². The number of hydrogen-bond donors (Lipinski definition) is 1. The van der Waals surface area contributed by atoms with Gasteiger partial charge in [-0.25, -0.2) is 4.79 Å². The van der Waals surface area contributed by atoms with Crippen molar-refractivity contribution in [2.45, 2.75) is 31.9 Å². The van der Waals surface area contributed by atoms with Gasteiger partial charge in [0.15, 0.2) is 6.10 Å². The van der Waals surface area contributed by atoms with Crippen LogP contribution >= 0.6 is 0 Å². The Morgan fingerprint density at radius 3 is 2.65 bits per heavy atom. The molecule has 0 fully saturated rings. The Labute approximate surface area is 118 Å². The predicted octanol–water partition coefficient (Wildman–Crippen LogP) is 1.62. The van der Waals surface area contributed by atoms with E-state index in [1.807, 2.05) is 24.3 Å². The van der Waals surface area contributed by atoms with Gasteiger partial charge in [0.1, 0.15) is 5.54 Å². The first-order valence-electron chi connectivity index (χ1n) is 6.56. The van der Waals surface area contributed by atoms with Crippen molar-refractivity contribution in [3.05, 3.63) is 35.4 Å². The minimum Gasteiger partial charge on any atom is -0.480 e. The van der Waals surface area contributed by atoms with Gasteiger partial charge in [-0.3, -0.25) is 4.79 Å². The maximum Gasteiger partial charge on any atom is 0.329 e. The fraction of sp³-hybridized carbons (Fsp3) is 0.467. The largest absolute Gasteiger partial charge is 0.480 e. The van der Waals surface area contributed by atoms with E-state index in [9.17, 15) is 14.7 Å². The lowest BCUT2D eigenvalue weighted by Gasteiger charge is -2.35. The topological polar surface area (TPSA) is 66.8 Å². The molecule has 1 heterocycles. The molecule has 20 heavy (non-hydrogen) atoms. The summed E-state index contributed by atoms with van der Waals surface area (Å²) in [7, 11) is 1.50. The quantitative estimate of drug-likeness (QED) is 0.911. The minimum absolute atomic E-state index is 0.329. The summed E-state index contributed by atoms with van der Waals surface area (Å²) in [4.78, 5) is 25.0. The second kappa shape index (κ2) is 5.25. The average Bonchev–Trinajstić information content (AvgIpc) is 2.44. The molecule has 0 spiro atoms. The molecule has 0 aromatic heterocycles. The van der Waals surface area contributed by atoms with Gasteiger partial charge in [-0.2, -0.15) is 0 Å². The standard InChI is InChI=1S/C15H19NO4/c1-15(2,14(18)19)16(3)13(17)12-11-7-5-4-6-10(11)8-9-20-12/h4-7,12H,8-9H2,1-3H3,(H,18,19). The van der Waals surface area contributed by atoms with Crippen LogP contribution in [0.5, 0.6) is 0 Å². The first kappa shape index (κ1) is 14.5. The summed E-state index contributed by atoms with van der Waals surface area (Å²) < 4.78 is 5.58. The zero-order chi connectivity index (χ0) is 14.9. The first-order valence-corrected chi connectivity index (χ1v) is 6.56. The highest BCUT2D eigenvalue weighted by Gasteiger charge is 2.39.